The molecule has 9 nitrogen and oxygen atoms in total. The number of aromatic nitrogens is 4. The Morgan fingerprint density at radius 2 is 1.84 bits per heavy atom. The minimum absolute atomic E-state index is 0.177. The van der Waals surface area contributed by atoms with Gasteiger partial charge in [-0.1, -0.05) is 15.9 Å². The summed E-state index contributed by atoms with van der Waals surface area (Å²) in [6, 6.07) is 8.75. The molecule has 1 aliphatic heterocycles. The molecular weight excluding hydrogens is 484 g/mol. The molecule has 4 rings (SSSR count). The van der Waals surface area contributed by atoms with Crippen LogP contribution in [0.4, 0.5) is 5.82 Å². The van der Waals surface area contributed by atoms with Gasteiger partial charge in [0.25, 0.3) is 0 Å². The standard InChI is InChI=1S/C20H23BrN6O3S/c1-3-30-17-6-5-16(21)13-18(17)31(28,29)26-11-9-25(10-12-26)19-14-20(24-15(2)23-19)27-8-4-7-22-27/h4-8,13-14H,3,9-12H2,1-2H3. The van der Waals surface area contributed by atoms with Crippen molar-refractivity contribution in [3.8, 4) is 11.6 Å². The molecule has 1 aromatic carbocycles. The van der Waals surface area contributed by atoms with Crippen LogP contribution in [0, 0.1) is 6.92 Å². The zero-order valence-electron chi connectivity index (χ0n) is 17.3. The molecule has 11 heteroatoms. The highest BCUT2D eigenvalue weighted by Gasteiger charge is 2.31. The van der Waals surface area contributed by atoms with Gasteiger partial charge in [0.2, 0.25) is 10.0 Å². The van der Waals surface area contributed by atoms with Crippen molar-refractivity contribution >= 4 is 31.8 Å². The van der Waals surface area contributed by atoms with Crippen LogP contribution in [0.2, 0.25) is 0 Å². The van der Waals surface area contributed by atoms with Gasteiger partial charge >= 0.3 is 0 Å². The van der Waals surface area contributed by atoms with E-state index in [0.717, 1.165) is 5.82 Å². The molecular formula is C20H23BrN6O3S. The molecule has 0 unspecified atom stereocenters. The lowest BCUT2D eigenvalue weighted by Gasteiger charge is -2.35. The van der Waals surface area contributed by atoms with Gasteiger partial charge in [0.1, 0.15) is 22.3 Å². The first-order chi connectivity index (χ1) is 14.9. The molecule has 0 spiro atoms. The number of sulfonamides is 1. The fourth-order valence-corrected chi connectivity index (χ4v) is 5.57. The molecule has 1 aliphatic rings. The van der Waals surface area contributed by atoms with Gasteiger partial charge in [-0.25, -0.2) is 23.1 Å². The number of halogens is 1. The van der Waals surface area contributed by atoms with E-state index in [1.807, 2.05) is 32.2 Å². The normalized spacial score (nSPS) is 15.3. The summed E-state index contributed by atoms with van der Waals surface area (Å²) >= 11 is 3.37. The minimum atomic E-state index is -3.69. The van der Waals surface area contributed by atoms with Crippen LogP contribution in [0.25, 0.3) is 5.82 Å². The fourth-order valence-electron chi connectivity index (χ4n) is 3.48. The largest absolute Gasteiger partial charge is 0.492 e. The van der Waals surface area contributed by atoms with Crippen molar-refractivity contribution in [3.05, 3.63) is 53.0 Å². The summed E-state index contributed by atoms with van der Waals surface area (Å²) in [4.78, 5) is 11.2. The maximum atomic E-state index is 13.3. The van der Waals surface area contributed by atoms with Crippen LogP contribution in [0.15, 0.2) is 52.1 Å². The van der Waals surface area contributed by atoms with Crippen molar-refractivity contribution in [1.82, 2.24) is 24.1 Å². The lowest BCUT2D eigenvalue weighted by Crippen LogP contribution is -2.49. The number of aryl methyl sites for hydroxylation is 1. The molecule has 164 valence electrons. The van der Waals surface area contributed by atoms with Gasteiger partial charge in [0.05, 0.1) is 6.61 Å². The first-order valence-corrected chi connectivity index (χ1v) is 12.1. The van der Waals surface area contributed by atoms with Crippen molar-refractivity contribution in [2.45, 2.75) is 18.7 Å². The van der Waals surface area contributed by atoms with E-state index in [-0.39, 0.29) is 4.90 Å². The van der Waals surface area contributed by atoms with E-state index >= 15 is 0 Å². The smallest absolute Gasteiger partial charge is 0.246 e. The Morgan fingerprint density at radius 1 is 1.10 bits per heavy atom. The van der Waals surface area contributed by atoms with Crippen LogP contribution in [0.5, 0.6) is 5.75 Å². The van der Waals surface area contributed by atoms with Crippen LogP contribution in [0.1, 0.15) is 12.7 Å². The van der Waals surface area contributed by atoms with E-state index < -0.39 is 10.0 Å². The summed E-state index contributed by atoms with van der Waals surface area (Å²) in [5, 5.41) is 4.23. The number of hydrogen-bond acceptors (Lipinski definition) is 7. The Hall–Kier alpha value is -2.50. The van der Waals surface area contributed by atoms with Crippen molar-refractivity contribution in [2.75, 3.05) is 37.7 Å². The monoisotopic (exact) mass is 506 g/mol. The molecule has 31 heavy (non-hydrogen) atoms. The molecule has 0 N–H and O–H groups in total. The van der Waals surface area contributed by atoms with Crippen LogP contribution in [-0.4, -0.2) is 65.3 Å². The van der Waals surface area contributed by atoms with Crippen LogP contribution >= 0.6 is 15.9 Å². The summed E-state index contributed by atoms with van der Waals surface area (Å²) in [6.45, 7) is 5.79. The zero-order valence-corrected chi connectivity index (χ0v) is 19.7. The van der Waals surface area contributed by atoms with Crippen LogP contribution in [0.3, 0.4) is 0 Å². The van der Waals surface area contributed by atoms with Crippen molar-refractivity contribution in [3.63, 3.8) is 0 Å². The summed E-state index contributed by atoms with van der Waals surface area (Å²) in [5.41, 5.74) is 0. The van der Waals surface area contributed by atoms with Crippen LogP contribution in [-0.2, 0) is 10.0 Å². The summed E-state index contributed by atoms with van der Waals surface area (Å²) in [5.74, 6) is 2.43. The molecule has 2 aromatic heterocycles. The molecule has 1 saturated heterocycles. The predicted molar refractivity (Wildman–Crippen MR) is 120 cm³/mol. The topological polar surface area (TPSA) is 93.5 Å². The molecule has 0 aliphatic carbocycles. The van der Waals surface area contributed by atoms with Crippen molar-refractivity contribution < 1.29 is 13.2 Å². The summed E-state index contributed by atoms with van der Waals surface area (Å²) in [7, 11) is -3.69. The lowest BCUT2D eigenvalue weighted by molar-refractivity contribution is 0.327. The molecule has 0 radical (unpaired) electrons. The molecule has 0 amide bonds. The molecule has 0 bridgehead atoms. The Balaban J connectivity index is 1.54. The van der Waals surface area contributed by atoms with Gasteiger partial charge in [-0.3, -0.25) is 0 Å². The van der Waals surface area contributed by atoms with E-state index in [1.165, 1.54) is 4.31 Å². The van der Waals surface area contributed by atoms with Gasteiger partial charge in [-0.15, -0.1) is 0 Å². The Bertz CT molecular complexity index is 1160. The Morgan fingerprint density at radius 3 is 2.52 bits per heavy atom. The average Bonchev–Trinajstić information content (AvgIpc) is 3.30. The number of benzene rings is 1. The highest BCUT2D eigenvalue weighted by Crippen LogP contribution is 2.31. The molecule has 0 atom stereocenters. The highest BCUT2D eigenvalue weighted by atomic mass is 79.9. The van der Waals surface area contributed by atoms with E-state index in [4.69, 9.17) is 4.74 Å². The third-order valence-electron chi connectivity index (χ3n) is 4.94. The van der Waals surface area contributed by atoms with Crippen molar-refractivity contribution in [1.29, 1.82) is 0 Å². The number of nitrogens with zero attached hydrogens (tertiary/aromatic N) is 6. The maximum Gasteiger partial charge on any atom is 0.246 e. The fraction of sp³-hybridized carbons (Fsp3) is 0.350. The maximum absolute atomic E-state index is 13.3. The Labute approximate surface area is 189 Å². The van der Waals surface area contributed by atoms with E-state index in [2.05, 4.69) is 35.9 Å². The molecule has 3 heterocycles. The minimum Gasteiger partial charge on any atom is -0.492 e. The van der Waals surface area contributed by atoms with Gasteiger partial charge in [0, 0.05) is 49.1 Å². The van der Waals surface area contributed by atoms with Gasteiger partial charge < -0.3 is 9.64 Å². The number of anilines is 1. The number of ether oxygens (including phenoxy) is 1. The second-order valence-electron chi connectivity index (χ2n) is 7.00. The third kappa shape index (κ3) is 4.58. The lowest BCUT2D eigenvalue weighted by atomic mass is 10.3. The number of rotatable bonds is 6. The first-order valence-electron chi connectivity index (χ1n) is 9.91. The van der Waals surface area contributed by atoms with E-state index in [1.54, 1.807) is 29.1 Å². The SMILES string of the molecule is CCOc1ccc(Br)cc1S(=O)(=O)N1CCN(c2cc(-n3cccn3)nc(C)n2)CC1. The highest BCUT2D eigenvalue weighted by molar-refractivity contribution is 9.10. The van der Waals surface area contributed by atoms with E-state index in [0.29, 0.717) is 54.7 Å². The second-order valence-corrected chi connectivity index (χ2v) is 9.82. The first kappa shape index (κ1) is 21.7. The quantitative estimate of drug-likeness (QED) is 0.507. The van der Waals surface area contributed by atoms with Gasteiger partial charge in [-0.05, 0) is 38.1 Å². The third-order valence-corrected chi connectivity index (χ3v) is 7.35. The second kappa shape index (κ2) is 8.93. The number of piperazine rings is 1. The Kier molecular flexibility index (Phi) is 6.26. The van der Waals surface area contributed by atoms with Crippen molar-refractivity contribution in [2.24, 2.45) is 0 Å². The molecule has 0 saturated carbocycles. The summed E-state index contributed by atoms with van der Waals surface area (Å²) < 4.78 is 36.1. The van der Waals surface area contributed by atoms with Gasteiger partial charge in [-0.2, -0.15) is 9.40 Å². The van der Waals surface area contributed by atoms with Gasteiger partial charge in [0.15, 0.2) is 5.82 Å². The molecule has 1 fully saturated rings. The van der Waals surface area contributed by atoms with Crippen LogP contribution < -0.4 is 9.64 Å². The summed E-state index contributed by atoms with van der Waals surface area (Å²) in [6.07, 6.45) is 3.52. The van der Waals surface area contributed by atoms with E-state index in [9.17, 15) is 8.42 Å². The number of hydrogen-bond donors (Lipinski definition) is 0. The average molecular weight is 507 g/mol. The zero-order chi connectivity index (χ0) is 22.0. The predicted octanol–water partition coefficient (Wildman–Crippen LogP) is 2.64. The molecule has 3 aromatic rings.